The molecule has 0 saturated carbocycles. The number of halogens is 1. The number of nitrogens with one attached hydrogen (secondary N) is 1. The fraction of sp³-hybridized carbons (Fsp3) is 0.167. The number of thiazole rings is 1. The minimum absolute atomic E-state index is 0.527. The van der Waals surface area contributed by atoms with Crippen LogP contribution in [-0.4, -0.2) is 12.0 Å². The first kappa shape index (κ1) is 16.0. The molecule has 0 aliphatic heterocycles. The lowest BCUT2D eigenvalue weighted by Gasteiger charge is -2.08. The molecule has 1 aromatic heterocycles. The van der Waals surface area contributed by atoms with E-state index in [1.807, 2.05) is 61.0 Å². The number of hydrogen-bond donors (Lipinski definition) is 1. The van der Waals surface area contributed by atoms with Crippen LogP contribution in [0.4, 0.5) is 0 Å². The highest BCUT2D eigenvalue weighted by Gasteiger charge is 2.09. The molecule has 0 unspecified atom stereocenters. The molecule has 0 radical (unpaired) electrons. The smallest absolute Gasteiger partial charge is 0.121 e. The fourth-order valence-corrected chi connectivity index (χ4v) is 3.27. The Morgan fingerprint density at radius 2 is 2.00 bits per heavy atom. The molecule has 0 spiro atoms. The molecule has 5 heteroatoms. The van der Waals surface area contributed by atoms with E-state index < -0.39 is 0 Å². The molecular weight excluding hydrogens is 328 g/mol. The van der Waals surface area contributed by atoms with Crippen molar-refractivity contribution in [2.75, 3.05) is 7.05 Å². The minimum atomic E-state index is 0.527. The van der Waals surface area contributed by atoms with Crippen LogP contribution < -0.4 is 10.1 Å². The van der Waals surface area contributed by atoms with Crippen LogP contribution in [0.25, 0.3) is 11.3 Å². The van der Waals surface area contributed by atoms with Gasteiger partial charge in [-0.25, -0.2) is 4.98 Å². The molecule has 1 heterocycles. The van der Waals surface area contributed by atoms with E-state index in [1.54, 1.807) is 11.3 Å². The van der Waals surface area contributed by atoms with Gasteiger partial charge in [0, 0.05) is 17.5 Å². The number of hydrogen-bond acceptors (Lipinski definition) is 4. The van der Waals surface area contributed by atoms with E-state index in [2.05, 4.69) is 10.3 Å². The van der Waals surface area contributed by atoms with Gasteiger partial charge in [-0.2, -0.15) is 0 Å². The van der Waals surface area contributed by atoms with Crippen molar-refractivity contribution in [2.45, 2.75) is 13.2 Å². The maximum absolute atomic E-state index is 6.40. The van der Waals surface area contributed by atoms with Gasteiger partial charge in [0.1, 0.15) is 17.4 Å². The van der Waals surface area contributed by atoms with Gasteiger partial charge in [0.15, 0.2) is 0 Å². The average Bonchev–Trinajstić information content (AvgIpc) is 3.03. The van der Waals surface area contributed by atoms with E-state index in [0.717, 1.165) is 34.1 Å². The van der Waals surface area contributed by atoms with Crippen LogP contribution in [0.3, 0.4) is 0 Å². The van der Waals surface area contributed by atoms with Crippen LogP contribution in [0.5, 0.6) is 5.75 Å². The quantitative estimate of drug-likeness (QED) is 0.700. The second kappa shape index (κ2) is 7.59. The third-order valence-electron chi connectivity index (χ3n) is 3.34. The Morgan fingerprint density at radius 3 is 2.74 bits per heavy atom. The third kappa shape index (κ3) is 4.10. The molecule has 118 valence electrons. The SMILES string of the molecule is CNCc1nc(-c2ccc(OCc3ccccc3)cc2Cl)cs1. The molecule has 3 rings (SSSR count). The van der Waals surface area contributed by atoms with Crippen LogP contribution in [0.15, 0.2) is 53.9 Å². The number of benzene rings is 2. The predicted octanol–water partition coefficient (Wildman–Crippen LogP) is 4.76. The lowest BCUT2D eigenvalue weighted by molar-refractivity contribution is 0.306. The third-order valence-corrected chi connectivity index (χ3v) is 4.51. The summed E-state index contributed by atoms with van der Waals surface area (Å²) in [6, 6.07) is 15.8. The summed E-state index contributed by atoms with van der Waals surface area (Å²) in [5, 5.41) is 6.82. The first-order valence-electron chi connectivity index (χ1n) is 7.32. The molecule has 3 aromatic rings. The average molecular weight is 345 g/mol. The van der Waals surface area contributed by atoms with Crippen LogP contribution >= 0.6 is 22.9 Å². The van der Waals surface area contributed by atoms with Gasteiger partial charge in [-0.3, -0.25) is 0 Å². The molecule has 0 aliphatic rings. The van der Waals surface area contributed by atoms with Crippen LogP contribution in [0.1, 0.15) is 10.6 Å². The molecule has 0 aliphatic carbocycles. The van der Waals surface area contributed by atoms with Crippen LogP contribution in [0, 0.1) is 0 Å². The number of aromatic nitrogens is 1. The van der Waals surface area contributed by atoms with Crippen molar-refractivity contribution in [2.24, 2.45) is 0 Å². The van der Waals surface area contributed by atoms with Gasteiger partial charge in [-0.15, -0.1) is 11.3 Å². The second-order valence-corrected chi connectivity index (χ2v) is 6.42. The Bertz CT molecular complexity index is 774. The number of ether oxygens (including phenoxy) is 1. The molecule has 2 aromatic carbocycles. The van der Waals surface area contributed by atoms with E-state index >= 15 is 0 Å². The second-order valence-electron chi connectivity index (χ2n) is 5.07. The topological polar surface area (TPSA) is 34.2 Å². The minimum Gasteiger partial charge on any atom is -0.489 e. The fourth-order valence-electron chi connectivity index (χ4n) is 2.20. The molecule has 0 bridgehead atoms. The van der Waals surface area contributed by atoms with E-state index in [0.29, 0.717) is 11.6 Å². The molecule has 23 heavy (non-hydrogen) atoms. The highest BCUT2D eigenvalue weighted by atomic mass is 35.5. The van der Waals surface area contributed by atoms with Gasteiger partial charge >= 0.3 is 0 Å². The van der Waals surface area contributed by atoms with Gasteiger partial charge in [-0.05, 0) is 30.8 Å². The van der Waals surface area contributed by atoms with Gasteiger partial charge in [0.25, 0.3) is 0 Å². The first-order valence-corrected chi connectivity index (χ1v) is 8.57. The van der Waals surface area contributed by atoms with Gasteiger partial charge < -0.3 is 10.1 Å². The zero-order valence-electron chi connectivity index (χ0n) is 12.8. The lowest BCUT2D eigenvalue weighted by atomic mass is 10.1. The van der Waals surface area contributed by atoms with Crippen molar-refractivity contribution in [1.82, 2.24) is 10.3 Å². The summed E-state index contributed by atoms with van der Waals surface area (Å²) >= 11 is 8.03. The Labute approximate surface area is 144 Å². The largest absolute Gasteiger partial charge is 0.489 e. The van der Waals surface area contributed by atoms with E-state index in [-0.39, 0.29) is 0 Å². The van der Waals surface area contributed by atoms with E-state index in [9.17, 15) is 0 Å². The lowest BCUT2D eigenvalue weighted by Crippen LogP contribution is -2.04. The summed E-state index contributed by atoms with van der Waals surface area (Å²) in [5.74, 6) is 0.758. The molecule has 0 amide bonds. The first-order chi connectivity index (χ1) is 11.3. The molecule has 0 atom stereocenters. The van der Waals surface area contributed by atoms with Crippen LogP contribution in [-0.2, 0) is 13.2 Å². The number of nitrogens with zero attached hydrogens (tertiary/aromatic N) is 1. The Balaban J connectivity index is 1.72. The van der Waals surface area contributed by atoms with Crippen molar-refractivity contribution in [3.63, 3.8) is 0 Å². The maximum atomic E-state index is 6.40. The van der Waals surface area contributed by atoms with Crippen molar-refractivity contribution in [1.29, 1.82) is 0 Å². The van der Waals surface area contributed by atoms with Gasteiger partial charge in [0.05, 0.1) is 10.7 Å². The zero-order valence-corrected chi connectivity index (χ0v) is 14.3. The number of rotatable bonds is 6. The Hall–Kier alpha value is -1.88. The molecule has 3 nitrogen and oxygen atoms in total. The predicted molar refractivity (Wildman–Crippen MR) is 96.1 cm³/mol. The summed E-state index contributed by atoms with van der Waals surface area (Å²) < 4.78 is 5.80. The van der Waals surface area contributed by atoms with E-state index in [1.165, 1.54) is 0 Å². The van der Waals surface area contributed by atoms with Crippen molar-refractivity contribution in [3.05, 3.63) is 69.5 Å². The molecule has 0 fully saturated rings. The van der Waals surface area contributed by atoms with Crippen molar-refractivity contribution in [3.8, 4) is 17.0 Å². The summed E-state index contributed by atoms with van der Waals surface area (Å²) in [7, 11) is 1.91. The zero-order chi connectivity index (χ0) is 16.1. The van der Waals surface area contributed by atoms with Crippen LogP contribution in [0.2, 0.25) is 5.02 Å². The Kier molecular flexibility index (Phi) is 5.28. The Morgan fingerprint density at radius 1 is 1.17 bits per heavy atom. The van der Waals surface area contributed by atoms with Gasteiger partial charge in [0.2, 0.25) is 0 Å². The van der Waals surface area contributed by atoms with Gasteiger partial charge in [-0.1, -0.05) is 41.9 Å². The standard InChI is InChI=1S/C18H17ClN2OS/c1-20-10-18-21-17(12-23-18)15-8-7-14(9-16(15)19)22-11-13-5-3-2-4-6-13/h2-9,12,20H,10-11H2,1H3. The molecule has 1 N–H and O–H groups in total. The van der Waals surface area contributed by atoms with Crippen molar-refractivity contribution >= 4 is 22.9 Å². The monoisotopic (exact) mass is 344 g/mol. The normalized spacial score (nSPS) is 10.7. The summed E-state index contributed by atoms with van der Waals surface area (Å²) in [4.78, 5) is 4.59. The summed E-state index contributed by atoms with van der Waals surface area (Å²) in [6.45, 7) is 1.29. The summed E-state index contributed by atoms with van der Waals surface area (Å²) in [6.07, 6.45) is 0. The highest BCUT2D eigenvalue weighted by Crippen LogP contribution is 2.32. The maximum Gasteiger partial charge on any atom is 0.121 e. The molecular formula is C18H17ClN2OS. The van der Waals surface area contributed by atoms with E-state index in [4.69, 9.17) is 16.3 Å². The highest BCUT2D eigenvalue weighted by molar-refractivity contribution is 7.09. The van der Waals surface area contributed by atoms with Crippen molar-refractivity contribution < 1.29 is 4.74 Å². The summed E-state index contributed by atoms with van der Waals surface area (Å²) in [5.41, 5.74) is 2.96. The molecule has 0 saturated heterocycles.